The fourth-order valence-electron chi connectivity index (χ4n) is 1.43. The predicted octanol–water partition coefficient (Wildman–Crippen LogP) is -0.0580. The highest BCUT2D eigenvalue weighted by molar-refractivity contribution is 5.41. The number of nitrogens with zero attached hydrogens (tertiary/aromatic N) is 4. The summed E-state index contributed by atoms with van der Waals surface area (Å²) in [7, 11) is 1.86. The van der Waals surface area contributed by atoms with E-state index >= 15 is 0 Å². The molecule has 0 unspecified atom stereocenters. The average Bonchev–Trinajstić information content (AvgIpc) is 2.31. The molecule has 0 saturated carbocycles. The highest BCUT2D eigenvalue weighted by Crippen LogP contribution is 2.05. The topological polar surface area (TPSA) is 87.9 Å². The number of hydrogen-bond donors (Lipinski definition) is 1. The maximum Gasteiger partial charge on any atom is 0.268 e. The summed E-state index contributed by atoms with van der Waals surface area (Å²) in [6.45, 7) is 1.69. The van der Waals surface area contributed by atoms with Crippen LogP contribution < -0.4 is 16.2 Å². The molecular formula is C11H17N5O. The van der Waals surface area contributed by atoms with Crippen LogP contribution in [-0.4, -0.2) is 29.9 Å². The SMILES string of the molecule is CN(CCN)c1cnn(CCCC#N)c(=O)c1. The molecule has 0 aliphatic carbocycles. The first-order valence-corrected chi connectivity index (χ1v) is 5.54. The summed E-state index contributed by atoms with van der Waals surface area (Å²) >= 11 is 0. The molecule has 1 aromatic heterocycles. The van der Waals surface area contributed by atoms with Gasteiger partial charge in [0.1, 0.15) is 0 Å². The third-order valence-corrected chi connectivity index (χ3v) is 2.42. The van der Waals surface area contributed by atoms with Gasteiger partial charge < -0.3 is 10.6 Å². The maximum atomic E-state index is 11.7. The van der Waals surface area contributed by atoms with Gasteiger partial charge >= 0.3 is 0 Å². The van der Waals surface area contributed by atoms with Gasteiger partial charge in [-0.05, 0) is 6.42 Å². The van der Waals surface area contributed by atoms with E-state index in [1.807, 2.05) is 18.0 Å². The molecule has 0 aromatic carbocycles. The lowest BCUT2D eigenvalue weighted by molar-refractivity contribution is 0.553. The van der Waals surface area contributed by atoms with Crippen molar-refractivity contribution in [2.24, 2.45) is 5.73 Å². The monoisotopic (exact) mass is 235 g/mol. The van der Waals surface area contributed by atoms with Crippen LogP contribution in [0.2, 0.25) is 0 Å². The van der Waals surface area contributed by atoms with Crippen molar-refractivity contribution in [3.05, 3.63) is 22.6 Å². The molecule has 0 saturated heterocycles. The summed E-state index contributed by atoms with van der Waals surface area (Å²) < 4.78 is 1.37. The Kier molecular flexibility index (Phi) is 5.17. The molecule has 6 heteroatoms. The number of nitriles is 1. The van der Waals surface area contributed by atoms with Crippen molar-refractivity contribution in [2.75, 3.05) is 25.0 Å². The maximum absolute atomic E-state index is 11.7. The van der Waals surface area contributed by atoms with Crippen molar-refractivity contribution in [2.45, 2.75) is 19.4 Å². The molecule has 0 fully saturated rings. The van der Waals surface area contributed by atoms with Gasteiger partial charge in [0.25, 0.3) is 5.56 Å². The third kappa shape index (κ3) is 3.89. The lowest BCUT2D eigenvalue weighted by Gasteiger charge is -2.17. The lowest BCUT2D eigenvalue weighted by Crippen LogP contribution is -2.28. The fraction of sp³-hybridized carbons (Fsp3) is 0.545. The number of nitrogens with two attached hydrogens (primary N) is 1. The molecule has 0 radical (unpaired) electrons. The van der Waals surface area contributed by atoms with Crippen molar-refractivity contribution in [3.8, 4) is 6.07 Å². The zero-order chi connectivity index (χ0) is 12.7. The van der Waals surface area contributed by atoms with Crippen LogP contribution in [0.15, 0.2) is 17.1 Å². The van der Waals surface area contributed by atoms with Gasteiger partial charge in [0.05, 0.1) is 18.0 Å². The highest BCUT2D eigenvalue weighted by atomic mass is 16.1. The average molecular weight is 235 g/mol. The van der Waals surface area contributed by atoms with Gasteiger partial charge in [-0.3, -0.25) is 4.79 Å². The van der Waals surface area contributed by atoms with Crippen LogP contribution in [0.4, 0.5) is 5.69 Å². The number of rotatable bonds is 6. The van der Waals surface area contributed by atoms with E-state index in [0.29, 0.717) is 32.5 Å². The van der Waals surface area contributed by atoms with E-state index < -0.39 is 0 Å². The van der Waals surface area contributed by atoms with Crippen molar-refractivity contribution in [1.29, 1.82) is 5.26 Å². The molecule has 0 spiro atoms. The molecule has 0 aliphatic heterocycles. The van der Waals surface area contributed by atoms with Gasteiger partial charge in [-0.25, -0.2) is 4.68 Å². The second-order valence-corrected chi connectivity index (χ2v) is 3.75. The number of unbranched alkanes of at least 4 members (excludes halogenated alkanes) is 1. The molecule has 0 bridgehead atoms. The Bertz CT molecular complexity index is 448. The van der Waals surface area contributed by atoms with Crippen LogP contribution in [0, 0.1) is 11.3 Å². The summed E-state index contributed by atoms with van der Waals surface area (Å²) in [5, 5.41) is 12.5. The van der Waals surface area contributed by atoms with E-state index in [2.05, 4.69) is 5.10 Å². The van der Waals surface area contributed by atoms with Crippen LogP contribution in [0.5, 0.6) is 0 Å². The van der Waals surface area contributed by atoms with E-state index in [-0.39, 0.29) is 5.56 Å². The molecule has 0 atom stereocenters. The van der Waals surface area contributed by atoms with Crippen molar-refractivity contribution in [3.63, 3.8) is 0 Å². The van der Waals surface area contributed by atoms with E-state index in [0.717, 1.165) is 5.69 Å². The number of aryl methyl sites for hydroxylation is 1. The third-order valence-electron chi connectivity index (χ3n) is 2.42. The van der Waals surface area contributed by atoms with Gasteiger partial charge in [-0.1, -0.05) is 0 Å². The summed E-state index contributed by atoms with van der Waals surface area (Å²) in [6, 6.07) is 3.58. The largest absolute Gasteiger partial charge is 0.372 e. The normalized spacial score (nSPS) is 9.94. The van der Waals surface area contributed by atoms with E-state index in [4.69, 9.17) is 11.0 Å². The Balaban J connectivity index is 2.73. The zero-order valence-corrected chi connectivity index (χ0v) is 9.96. The summed E-state index contributed by atoms with van der Waals surface area (Å²) in [5.74, 6) is 0. The summed E-state index contributed by atoms with van der Waals surface area (Å²) in [5.41, 5.74) is 6.05. The molecule has 1 heterocycles. The first-order valence-electron chi connectivity index (χ1n) is 5.54. The molecule has 17 heavy (non-hydrogen) atoms. The fourth-order valence-corrected chi connectivity index (χ4v) is 1.43. The molecule has 92 valence electrons. The Morgan fingerprint density at radius 3 is 3.00 bits per heavy atom. The van der Waals surface area contributed by atoms with E-state index in [1.54, 1.807) is 6.20 Å². The standard InChI is InChI=1S/C11H17N5O/c1-15(7-5-13)10-8-11(17)16(14-9-10)6-3-2-4-12/h8-9H,2-3,5-7,13H2,1H3. The van der Waals surface area contributed by atoms with Crippen molar-refractivity contribution >= 4 is 5.69 Å². The minimum atomic E-state index is -0.149. The van der Waals surface area contributed by atoms with Crippen molar-refractivity contribution < 1.29 is 0 Å². The van der Waals surface area contributed by atoms with Crippen molar-refractivity contribution in [1.82, 2.24) is 9.78 Å². The number of anilines is 1. The Morgan fingerprint density at radius 1 is 1.65 bits per heavy atom. The van der Waals surface area contributed by atoms with E-state index in [1.165, 1.54) is 10.7 Å². The van der Waals surface area contributed by atoms with E-state index in [9.17, 15) is 4.79 Å². The molecule has 2 N–H and O–H groups in total. The first kappa shape index (κ1) is 13.2. The Morgan fingerprint density at radius 2 is 2.41 bits per heavy atom. The summed E-state index contributed by atoms with van der Waals surface area (Å²) in [6.07, 6.45) is 2.72. The number of likely N-dealkylation sites (N-methyl/N-ethyl adjacent to an activating group) is 1. The van der Waals surface area contributed by atoms with Crippen LogP contribution >= 0.6 is 0 Å². The Labute approximate surface area is 100 Å². The second-order valence-electron chi connectivity index (χ2n) is 3.75. The van der Waals surface area contributed by atoms with Gasteiger partial charge in [0.15, 0.2) is 0 Å². The van der Waals surface area contributed by atoms with Crippen LogP contribution in [-0.2, 0) is 6.54 Å². The molecule has 1 aromatic rings. The van der Waals surface area contributed by atoms with Gasteiger partial charge in [-0.2, -0.15) is 10.4 Å². The smallest absolute Gasteiger partial charge is 0.268 e. The minimum absolute atomic E-state index is 0.149. The number of aromatic nitrogens is 2. The first-order chi connectivity index (χ1) is 8.19. The zero-order valence-electron chi connectivity index (χ0n) is 9.96. The van der Waals surface area contributed by atoms with Crippen LogP contribution in [0.3, 0.4) is 0 Å². The number of hydrogen-bond acceptors (Lipinski definition) is 5. The quantitative estimate of drug-likeness (QED) is 0.698. The molecule has 0 amide bonds. The lowest BCUT2D eigenvalue weighted by atomic mass is 10.3. The second kappa shape index (κ2) is 6.66. The molecule has 0 aliphatic rings. The highest BCUT2D eigenvalue weighted by Gasteiger charge is 2.03. The summed E-state index contributed by atoms with van der Waals surface area (Å²) in [4.78, 5) is 13.6. The van der Waals surface area contributed by atoms with Crippen LogP contribution in [0.25, 0.3) is 0 Å². The van der Waals surface area contributed by atoms with Crippen LogP contribution in [0.1, 0.15) is 12.8 Å². The van der Waals surface area contributed by atoms with Gasteiger partial charge in [-0.15, -0.1) is 0 Å². The van der Waals surface area contributed by atoms with Gasteiger partial charge in [0.2, 0.25) is 0 Å². The predicted molar refractivity (Wildman–Crippen MR) is 65.7 cm³/mol. The minimum Gasteiger partial charge on any atom is -0.372 e. The Hall–Kier alpha value is -1.87. The molecule has 6 nitrogen and oxygen atoms in total. The molecular weight excluding hydrogens is 218 g/mol. The molecule has 1 rings (SSSR count). The van der Waals surface area contributed by atoms with Gasteiger partial charge in [0, 0.05) is 39.2 Å².